The van der Waals surface area contributed by atoms with Gasteiger partial charge in [-0.1, -0.05) is 76.6 Å². The summed E-state index contributed by atoms with van der Waals surface area (Å²) in [7, 11) is 0. The molecule has 0 fully saturated rings. The molecule has 412 valence electrons. The monoisotopic (exact) mass is 1120 g/mol. The molecule has 0 radical (unpaired) electrons. The quantitative estimate of drug-likeness (QED) is 0.0316. The van der Waals surface area contributed by atoms with Gasteiger partial charge >= 0.3 is 23.9 Å². The van der Waals surface area contributed by atoms with Crippen LogP contribution in [-0.4, -0.2) is 50.3 Å². The largest absolute Gasteiger partial charge is 0.494 e. The number of benzene rings is 7. The Labute approximate surface area is 471 Å². The molecule has 0 saturated heterocycles. The Balaban J connectivity index is 1.05. The van der Waals surface area contributed by atoms with E-state index >= 15 is 0 Å². The molecule has 16 nitrogen and oxygen atoms in total. The minimum Gasteiger partial charge on any atom is -0.494 e. The minimum atomic E-state index is -0.774. The highest BCUT2D eigenvalue weighted by Crippen LogP contribution is 2.49. The highest BCUT2D eigenvalue weighted by Gasteiger charge is 2.31. The zero-order valence-corrected chi connectivity index (χ0v) is 45.9. The van der Waals surface area contributed by atoms with Crippen LogP contribution in [0.4, 0.5) is 11.4 Å². The second kappa shape index (κ2) is 26.4. The van der Waals surface area contributed by atoms with E-state index in [-0.39, 0.29) is 100 Å². The third-order valence-electron chi connectivity index (χ3n) is 12.4. The van der Waals surface area contributed by atoms with E-state index in [9.17, 15) is 19.2 Å². The van der Waals surface area contributed by atoms with Crippen molar-refractivity contribution >= 4 is 58.5 Å². The summed E-state index contributed by atoms with van der Waals surface area (Å²) in [6.45, 7) is 10.3. The summed E-state index contributed by atoms with van der Waals surface area (Å²) in [6.07, 6.45) is 7.33. The first kappa shape index (κ1) is 56.1. The minimum absolute atomic E-state index is 0.0181. The van der Waals surface area contributed by atoms with Crippen LogP contribution in [0.15, 0.2) is 131 Å². The molecule has 0 unspecified atom stereocenters. The van der Waals surface area contributed by atoms with Crippen molar-refractivity contribution in [2.75, 3.05) is 26.4 Å². The molecule has 0 aliphatic carbocycles. The summed E-state index contributed by atoms with van der Waals surface area (Å²) < 4.78 is 59.5. The van der Waals surface area contributed by atoms with E-state index in [4.69, 9.17) is 80.6 Å². The van der Waals surface area contributed by atoms with E-state index in [0.717, 1.165) is 51.4 Å². The van der Waals surface area contributed by atoms with E-state index in [1.807, 2.05) is 0 Å². The highest BCUT2D eigenvalue weighted by atomic mass is 35.5. The van der Waals surface area contributed by atoms with Crippen LogP contribution in [-0.2, 0) is 0 Å². The van der Waals surface area contributed by atoms with Gasteiger partial charge in [0, 0.05) is 24.3 Å². The first-order valence-corrected chi connectivity index (χ1v) is 27.2. The zero-order chi connectivity index (χ0) is 56.1. The van der Waals surface area contributed by atoms with Crippen molar-refractivity contribution in [2.24, 2.45) is 9.98 Å². The number of fused-ring (bicyclic) bond motifs is 4. The second-order valence-corrected chi connectivity index (χ2v) is 19.2. The van der Waals surface area contributed by atoms with Gasteiger partial charge in [-0.05, 0) is 123 Å². The molecule has 0 N–H and O–H groups in total. The van der Waals surface area contributed by atoms with Gasteiger partial charge in [-0.2, -0.15) is 0 Å². The van der Waals surface area contributed by atoms with Crippen LogP contribution in [0, 0.1) is 0 Å². The number of rotatable bonds is 24. The lowest BCUT2D eigenvalue weighted by atomic mass is 10.1. The molecule has 0 atom stereocenters. The average molecular weight is 1120 g/mol. The van der Waals surface area contributed by atoms with Crippen LogP contribution in [0.5, 0.6) is 69.0 Å². The number of carbonyl (C=O) groups is 4. The van der Waals surface area contributed by atoms with Crippen LogP contribution in [0.1, 0.15) is 120 Å². The van der Waals surface area contributed by atoms with Crippen molar-refractivity contribution < 1.29 is 66.5 Å². The number of hydrogen-bond acceptors (Lipinski definition) is 16. The first-order valence-electron chi connectivity index (χ1n) is 26.4. The normalized spacial score (nSPS) is 11.6. The van der Waals surface area contributed by atoms with Gasteiger partial charge < -0.3 is 47.4 Å². The maximum absolute atomic E-state index is 13.8. The van der Waals surface area contributed by atoms with Gasteiger partial charge in [-0.25, -0.2) is 29.2 Å². The second-order valence-electron chi connectivity index (χ2n) is 18.4. The van der Waals surface area contributed by atoms with Gasteiger partial charge in [0.15, 0.2) is 46.0 Å². The molecule has 0 spiro atoms. The van der Waals surface area contributed by atoms with E-state index in [1.54, 1.807) is 97.1 Å². The van der Waals surface area contributed by atoms with E-state index in [0.29, 0.717) is 49.4 Å². The number of carbonyl (C=O) groups excluding carboxylic acids is 4. The number of halogens is 2. The molecule has 2 aliphatic rings. The maximum Gasteiger partial charge on any atom is 0.343 e. The van der Waals surface area contributed by atoms with Crippen LogP contribution in [0.2, 0.25) is 10.0 Å². The van der Waals surface area contributed by atoms with Crippen LogP contribution in [0.3, 0.4) is 0 Å². The summed E-state index contributed by atoms with van der Waals surface area (Å²) >= 11 is 14.3. The Morgan fingerprint density at radius 3 is 0.887 bits per heavy atom. The van der Waals surface area contributed by atoms with Gasteiger partial charge in [0.1, 0.15) is 55.1 Å². The number of unbranched alkanes of at least 4 members (excludes halogenated alkanes) is 4. The highest BCUT2D eigenvalue weighted by molar-refractivity contribution is 6.35. The summed E-state index contributed by atoms with van der Waals surface area (Å²) in [6, 6.07) is 31.2. The standard InChI is InChI=1S/C62H56Cl2N2O14/c1-5-9-29-71-41-21-13-37(14-22-41)59(67)77-49-33-45-47(35-51(49)79-61(69)39-17-25-43(26-18-39)73-31-11-7-3)75-57-54(64)56-58(53(63)55(57)65-45)76-48-36-52(80-62(70)40-19-27-44(28-20-40)74-32-12-8-4)50(34-46(48)66-56)78-60(68)38-15-23-42(24-16-38)72-30-10-6-2/h13-28,33-36H,5-12,29-32H2,1-4H3. The maximum atomic E-state index is 13.8. The topological polar surface area (TPSA) is 185 Å². The Kier molecular flexibility index (Phi) is 18.5. The van der Waals surface area contributed by atoms with Gasteiger partial charge in [0.05, 0.1) is 48.7 Å². The summed E-state index contributed by atoms with van der Waals surface area (Å²) in [4.78, 5) is 64.6. The molecule has 0 aromatic heterocycles. The van der Waals surface area contributed by atoms with Crippen molar-refractivity contribution in [1.29, 1.82) is 0 Å². The SMILES string of the molecule is CCCCOc1ccc(C(=O)Oc2cc3c(cc2OC(=O)c2ccc(OCCCC)cc2)Oc2c(Cl)c4c(c(Cl)c2=N3)Oc2cc(OC(=O)c3ccc(OCCCC)cc3)c(OC(=O)c3ccc(OCCCC)cc3)cc2N=4)cc1. The van der Waals surface area contributed by atoms with Gasteiger partial charge in [-0.15, -0.1) is 0 Å². The molecular weight excluding hydrogens is 1070 g/mol. The molecule has 7 aromatic rings. The van der Waals surface area contributed by atoms with Crippen molar-refractivity contribution in [3.63, 3.8) is 0 Å². The number of nitrogens with zero attached hydrogens (tertiary/aromatic N) is 2. The number of hydrogen-bond donors (Lipinski definition) is 0. The molecular formula is C62H56Cl2N2O14. The summed E-state index contributed by atoms with van der Waals surface area (Å²) in [5.41, 5.74) is 0.962. The Morgan fingerprint density at radius 1 is 0.388 bits per heavy atom. The Morgan fingerprint density at radius 2 is 0.637 bits per heavy atom. The van der Waals surface area contributed by atoms with Crippen molar-refractivity contribution in [3.8, 4) is 69.0 Å². The summed E-state index contributed by atoms with van der Waals surface area (Å²) in [5.74, 6) is -1.48. The average Bonchev–Trinajstić information content (AvgIpc) is 3.55. The fourth-order valence-corrected chi connectivity index (χ4v) is 8.42. The fourth-order valence-electron chi connectivity index (χ4n) is 7.91. The molecule has 9 rings (SSSR count). The predicted octanol–water partition coefficient (Wildman–Crippen LogP) is 14.7. The van der Waals surface area contributed by atoms with Gasteiger partial charge in [-0.3, -0.25) is 0 Å². The molecule has 80 heavy (non-hydrogen) atoms. The molecule has 18 heteroatoms. The first-order chi connectivity index (χ1) is 38.9. The lowest BCUT2D eigenvalue weighted by Gasteiger charge is -2.22. The summed E-state index contributed by atoms with van der Waals surface area (Å²) in [5, 5.41) is -0.141. The molecule has 2 aliphatic heterocycles. The number of esters is 4. The van der Waals surface area contributed by atoms with Crippen LogP contribution < -0.4 is 58.1 Å². The van der Waals surface area contributed by atoms with Gasteiger partial charge in [0.2, 0.25) is 0 Å². The predicted molar refractivity (Wildman–Crippen MR) is 298 cm³/mol. The zero-order valence-electron chi connectivity index (χ0n) is 44.4. The van der Waals surface area contributed by atoms with Crippen molar-refractivity contribution in [1.82, 2.24) is 0 Å². The molecule has 7 aromatic carbocycles. The Hall–Kier alpha value is -8.60. The lowest BCUT2D eigenvalue weighted by Crippen LogP contribution is -2.22. The van der Waals surface area contributed by atoms with Crippen molar-refractivity contribution in [2.45, 2.75) is 79.1 Å². The fraction of sp³-hybridized carbons (Fsp3) is 0.258. The van der Waals surface area contributed by atoms with E-state index < -0.39 is 23.9 Å². The Bertz CT molecular complexity index is 3300. The van der Waals surface area contributed by atoms with Crippen LogP contribution >= 0.6 is 23.2 Å². The molecule has 0 bridgehead atoms. The van der Waals surface area contributed by atoms with Gasteiger partial charge in [0.25, 0.3) is 0 Å². The van der Waals surface area contributed by atoms with Crippen molar-refractivity contribution in [3.05, 3.63) is 164 Å². The molecule has 0 saturated carbocycles. The van der Waals surface area contributed by atoms with E-state index in [1.165, 1.54) is 24.3 Å². The number of ether oxygens (including phenoxy) is 10. The lowest BCUT2D eigenvalue weighted by molar-refractivity contribution is 0.0682. The molecule has 2 heterocycles. The smallest absolute Gasteiger partial charge is 0.343 e. The third-order valence-corrected chi connectivity index (χ3v) is 13.1. The molecule has 0 amide bonds. The van der Waals surface area contributed by atoms with E-state index in [2.05, 4.69) is 27.7 Å². The third kappa shape index (κ3) is 13.4. The van der Waals surface area contributed by atoms with Crippen LogP contribution in [0.25, 0.3) is 0 Å².